The molecule has 9 heteroatoms. The van der Waals surface area contributed by atoms with Crippen molar-refractivity contribution in [3.63, 3.8) is 0 Å². The molecule has 24 heavy (non-hydrogen) atoms. The zero-order valence-electron chi connectivity index (χ0n) is 19.5. The van der Waals surface area contributed by atoms with E-state index in [2.05, 4.69) is 10.1 Å². The summed E-state index contributed by atoms with van der Waals surface area (Å²) in [6.45, 7) is -6.26. The van der Waals surface area contributed by atoms with Crippen LogP contribution >= 0.6 is 11.8 Å². The van der Waals surface area contributed by atoms with Crippen LogP contribution in [0.25, 0.3) is 0 Å². The number of hydrogen-bond acceptors (Lipinski definition) is 7. The van der Waals surface area contributed by atoms with Crippen LogP contribution in [0.2, 0.25) is 0 Å². The third-order valence-corrected chi connectivity index (χ3v) is 3.53. The molecular formula is C15H26N3O5S+. The molecule has 0 aliphatic rings. The first kappa shape index (κ1) is 13.6. The molecule has 0 rings (SSSR count). The van der Waals surface area contributed by atoms with E-state index in [9.17, 15) is 14.4 Å². The number of nitrogens with one attached hydrogen (secondary N) is 2. The molecule has 0 radical (unpaired) electrons. The van der Waals surface area contributed by atoms with Crippen molar-refractivity contribution < 1.29 is 36.9 Å². The van der Waals surface area contributed by atoms with Crippen LogP contribution in [0, 0.1) is 5.53 Å². The summed E-state index contributed by atoms with van der Waals surface area (Å²) < 4.78 is 53.7. The largest absolute Gasteiger partial charge is 0.461 e. The van der Waals surface area contributed by atoms with Crippen LogP contribution in [0.15, 0.2) is 0 Å². The molecule has 0 aliphatic heterocycles. The van der Waals surface area contributed by atoms with Crippen molar-refractivity contribution in [1.29, 1.82) is 5.53 Å². The molecule has 0 aromatic heterocycles. The first-order chi connectivity index (χ1) is 13.8. The van der Waals surface area contributed by atoms with E-state index in [0.29, 0.717) is 18.4 Å². The third kappa shape index (κ3) is 9.44. The van der Waals surface area contributed by atoms with E-state index in [1.54, 1.807) is 0 Å². The molecule has 0 heterocycles. The normalized spacial score (nSPS) is 17.6. The van der Waals surface area contributed by atoms with Gasteiger partial charge in [-0.05, 0) is 38.6 Å². The summed E-state index contributed by atoms with van der Waals surface area (Å²) in [5, 5.41) is 2.32. The maximum absolute atomic E-state index is 12.5. The molecule has 2 atom stereocenters. The number of hydrogen-bond donors (Lipinski definition) is 2. The zero-order valence-corrected chi connectivity index (χ0v) is 14.4. The van der Waals surface area contributed by atoms with Crippen molar-refractivity contribution >= 4 is 35.6 Å². The fourth-order valence-corrected chi connectivity index (χ4v) is 2.17. The minimum atomic E-state index is -3.13. The van der Waals surface area contributed by atoms with E-state index in [4.69, 9.17) is 23.2 Å². The van der Waals surface area contributed by atoms with Gasteiger partial charge in [0.05, 0.1) is 16.4 Å². The molecule has 1 amide bonds. The molecule has 0 spiro atoms. The van der Waals surface area contributed by atoms with E-state index in [-0.39, 0.29) is 12.8 Å². The molecule has 0 aliphatic carbocycles. The first-order valence-electron chi connectivity index (χ1n) is 10.0. The van der Waals surface area contributed by atoms with Crippen molar-refractivity contribution in [3.8, 4) is 0 Å². The lowest BCUT2D eigenvalue weighted by Gasteiger charge is -2.21. The highest BCUT2D eigenvalue weighted by Gasteiger charge is 2.27. The summed E-state index contributed by atoms with van der Waals surface area (Å²) in [5.74, 6) is -2.05. The van der Waals surface area contributed by atoms with Gasteiger partial charge in [0.15, 0.2) is 0 Å². The predicted molar refractivity (Wildman–Crippen MR) is 90.2 cm³/mol. The van der Waals surface area contributed by atoms with Gasteiger partial charge in [-0.1, -0.05) is 0 Å². The minimum Gasteiger partial charge on any atom is -0.461 e. The molecule has 136 valence electrons. The van der Waals surface area contributed by atoms with Gasteiger partial charge in [-0.2, -0.15) is 11.8 Å². The highest BCUT2D eigenvalue weighted by atomic mass is 32.2. The summed E-state index contributed by atoms with van der Waals surface area (Å²) in [5.41, 5.74) is 6.64. The van der Waals surface area contributed by atoms with Crippen LogP contribution in [-0.2, 0) is 23.9 Å². The number of thioether (sulfide) groups is 1. The highest BCUT2D eigenvalue weighted by Crippen LogP contribution is 2.07. The fraction of sp³-hybridized carbons (Fsp3) is 0.733. The van der Waals surface area contributed by atoms with Crippen molar-refractivity contribution in [2.75, 3.05) is 19.1 Å². The first-order valence-corrected chi connectivity index (χ1v) is 8.42. The molecule has 0 bridgehead atoms. The van der Waals surface area contributed by atoms with Crippen LogP contribution in [0.1, 0.15) is 41.2 Å². The summed E-state index contributed by atoms with van der Waals surface area (Å²) in [7, 11) is 1.30. The number of ether oxygens (including phenoxy) is 2. The fourth-order valence-electron chi connectivity index (χ4n) is 1.72. The van der Waals surface area contributed by atoms with E-state index in [0.717, 1.165) is 0 Å². The Hall–Kier alpha value is -1.70. The van der Waals surface area contributed by atoms with Gasteiger partial charge in [0.2, 0.25) is 11.7 Å². The van der Waals surface area contributed by atoms with E-state index in [1.165, 1.54) is 18.9 Å². The Labute approximate surface area is 154 Å². The number of amides is 1. The average Bonchev–Trinajstić information content (AvgIpc) is 2.61. The van der Waals surface area contributed by atoms with Gasteiger partial charge in [-0.25, -0.2) is 4.79 Å². The molecule has 0 aromatic carbocycles. The summed E-state index contributed by atoms with van der Waals surface area (Å²) >= 11 is 1.47. The van der Waals surface area contributed by atoms with Gasteiger partial charge < -0.3 is 14.8 Å². The quantitative estimate of drug-likeness (QED) is 0.229. The Kier molecular flexibility index (Phi) is 7.18. The predicted octanol–water partition coefficient (Wildman–Crippen LogP) is 0.850. The molecule has 0 unspecified atom stereocenters. The van der Waals surface area contributed by atoms with Crippen molar-refractivity contribution in [2.45, 2.75) is 51.2 Å². The number of carbonyl (C=O) groups excluding carboxylic acids is 3. The second-order valence-corrected chi connectivity index (χ2v) is 5.63. The van der Waals surface area contributed by atoms with Crippen LogP contribution in [-0.4, -0.2) is 66.0 Å². The number of rotatable bonds is 12. The summed E-state index contributed by atoms with van der Waals surface area (Å²) in [6.07, 6.45) is -1.11. The third-order valence-electron chi connectivity index (χ3n) is 2.88. The van der Waals surface area contributed by atoms with Gasteiger partial charge >= 0.3 is 12.2 Å². The van der Waals surface area contributed by atoms with Gasteiger partial charge in [-0.3, -0.25) is 9.59 Å². The van der Waals surface area contributed by atoms with Crippen LogP contribution < -0.4 is 5.32 Å². The van der Waals surface area contributed by atoms with E-state index >= 15 is 0 Å². The zero-order chi connectivity index (χ0) is 23.5. The van der Waals surface area contributed by atoms with Crippen molar-refractivity contribution in [1.82, 2.24) is 5.32 Å². The van der Waals surface area contributed by atoms with E-state index < -0.39 is 49.6 Å². The van der Waals surface area contributed by atoms with Crippen molar-refractivity contribution in [3.05, 3.63) is 0 Å². The number of nitrogens with zero attached hydrogens (tertiary/aromatic N) is 1. The van der Waals surface area contributed by atoms with Gasteiger partial charge in [0.25, 0.3) is 0 Å². The lowest BCUT2D eigenvalue weighted by molar-refractivity contribution is -0.152. The smallest absolute Gasteiger partial charge is 0.372 e. The lowest BCUT2D eigenvalue weighted by Crippen LogP contribution is -2.47. The Balaban J connectivity index is 5.54. The standard InChI is InChI=1S/C15H25N3O5S/c1-10(2)23-15(21)12(6-5-11(19)9-17-16)18-14(20)13(22-3)7-8-24-4/h9-10,12-13,16H,5-8H2,1-4H3/p+1/t12-,13-/m0/s1/i1D3,2D3. The second-order valence-electron chi connectivity index (χ2n) is 4.65. The molecule has 8 nitrogen and oxygen atoms in total. The van der Waals surface area contributed by atoms with Gasteiger partial charge in [0.1, 0.15) is 12.1 Å². The van der Waals surface area contributed by atoms with Crippen LogP contribution in [0.5, 0.6) is 0 Å². The van der Waals surface area contributed by atoms with Crippen LogP contribution in [0.3, 0.4) is 0 Å². The SMILES string of the molecule is [2H]C([2H])([2H])C(OC(=O)[C@H](CCC(=O)C=[N+]=N)NC(=O)[C@H](CCSC)OC)C([2H])([2H])[2H]. The summed E-state index contributed by atoms with van der Waals surface area (Å²) in [4.78, 5) is 39.3. The molecule has 0 saturated carbocycles. The Bertz CT molecular complexity index is 638. The Morgan fingerprint density at radius 3 is 2.62 bits per heavy atom. The Morgan fingerprint density at radius 1 is 1.38 bits per heavy atom. The number of methoxy groups -OCH3 is 1. The molecule has 0 fully saturated rings. The molecule has 2 N–H and O–H groups in total. The van der Waals surface area contributed by atoms with Crippen molar-refractivity contribution in [2.24, 2.45) is 0 Å². The summed E-state index contributed by atoms with van der Waals surface area (Å²) in [6, 6.07) is -1.50. The molecular weight excluding hydrogens is 334 g/mol. The molecule has 0 saturated heterocycles. The number of ketones is 1. The van der Waals surface area contributed by atoms with Gasteiger partial charge in [-0.15, -0.1) is 0 Å². The van der Waals surface area contributed by atoms with E-state index in [1.807, 2.05) is 6.26 Å². The maximum atomic E-state index is 12.5. The number of Topliss-reactive ketones (excluding diaryl/α,β-unsaturated/α-hetero) is 1. The number of esters is 1. The maximum Gasteiger partial charge on any atom is 0.372 e. The lowest BCUT2D eigenvalue weighted by atomic mass is 10.1. The second kappa shape index (κ2) is 12.7. The topological polar surface area (TPSA) is 120 Å². The number of carbonyl (C=O) groups is 3. The monoisotopic (exact) mass is 366 g/mol. The molecule has 0 aromatic rings. The van der Waals surface area contributed by atoms with Crippen LogP contribution in [0.4, 0.5) is 0 Å². The van der Waals surface area contributed by atoms with Gasteiger partial charge in [0, 0.05) is 21.8 Å². The highest BCUT2D eigenvalue weighted by molar-refractivity contribution is 7.98. The average molecular weight is 366 g/mol. The minimum absolute atomic E-state index is 0.316. The Morgan fingerprint density at radius 2 is 2.08 bits per heavy atom.